The normalized spacial score (nSPS) is 12.1. The molecule has 2 aromatic rings. The molecule has 0 aliphatic heterocycles. The molecule has 0 bridgehead atoms. The van der Waals surface area contributed by atoms with E-state index in [0.717, 1.165) is 11.4 Å². The van der Waals surface area contributed by atoms with Gasteiger partial charge in [0, 0.05) is 25.5 Å². The van der Waals surface area contributed by atoms with Crippen LogP contribution in [0.2, 0.25) is 0 Å². The van der Waals surface area contributed by atoms with Crippen molar-refractivity contribution in [2.45, 2.75) is 26.3 Å². The molecular formula is C16H21N3O2. The quantitative estimate of drug-likeness (QED) is 0.887. The molecule has 112 valence electrons. The van der Waals surface area contributed by atoms with Gasteiger partial charge in [-0.3, -0.25) is 9.48 Å². The number of aliphatic carboxylic acids is 1. The standard InChI is InChI=1S/C16H21N3O2/c1-12-4-6-14(7-5-12)19(11-9-16(20)21)13(2)15-8-10-17-18(15)3/h4-8,10,13H,9,11H2,1-3H3,(H,20,21). The van der Waals surface area contributed by atoms with E-state index in [9.17, 15) is 4.79 Å². The van der Waals surface area contributed by atoms with Gasteiger partial charge >= 0.3 is 5.97 Å². The van der Waals surface area contributed by atoms with Crippen molar-refractivity contribution >= 4 is 11.7 Å². The lowest BCUT2D eigenvalue weighted by Crippen LogP contribution is -2.30. The minimum absolute atomic E-state index is 0.0551. The van der Waals surface area contributed by atoms with E-state index in [2.05, 4.69) is 16.9 Å². The highest BCUT2D eigenvalue weighted by Crippen LogP contribution is 2.27. The number of aromatic nitrogens is 2. The van der Waals surface area contributed by atoms with Crippen LogP contribution >= 0.6 is 0 Å². The van der Waals surface area contributed by atoms with Gasteiger partial charge in [-0.15, -0.1) is 0 Å². The van der Waals surface area contributed by atoms with E-state index in [0.29, 0.717) is 6.54 Å². The van der Waals surface area contributed by atoms with E-state index in [4.69, 9.17) is 5.11 Å². The molecule has 0 saturated carbocycles. The number of carboxylic acid groups (broad SMARTS) is 1. The first kappa shape index (κ1) is 15.1. The largest absolute Gasteiger partial charge is 0.481 e. The van der Waals surface area contributed by atoms with Crippen molar-refractivity contribution in [1.29, 1.82) is 0 Å². The molecule has 1 aromatic heterocycles. The van der Waals surface area contributed by atoms with E-state index < -0.39 is 5.97 Å². The van der Waals surface area contributed by atoms with Gasteiger partial charge < -0.3 is 10.0 Å². The molecule has 1 N–H and O–H groups in total. The molecule has 1 unspecified atom stereocenters. The van der Waals surface area contributed by atoms with Crippen LogP contribution in [0, 0.1) is 6.92 Å². The van der Waals surface area contributed by atoms with E-state index in [-0.39, 0.29) is 12.5 Å². The second-order valence-electron chi connectivity index (χ2n) is 5.23. The Morgan fingerprint density at radius 1 is 1.33 bits per heavy atom. The Balaban J connectivity index is 2.29. The number of nitrogens with zero attached hydrogens (tertiary/aromatic N) is 3. The highest BCUT2D eigenvalue weighted by molar-refractivity contribution is 5.67. The fourth-order valence-electron chi connectivity index (χ4n) is 2.45. The third-order valence-corrected chi connectivity index (χ3v) is 3.69. The summed E-state index contributed by atoms with van der Waals surface area (Å²) in [6.45, 7) is 4.57. The smallest absolute Gasteiger partial charge is 0.305 e. The summed E-state index contributed by atoms with van der Waals surface area (Å²) < 4.78 is 1.83. The molecule has 5 heteroatoms. The second kappa shape index (κ2) is 6.43. The van der Waals surface area contributed by atoms with Gasteiger partial charge in [-0.2, -0.15) is 5.10 Å². The van der Waals surface area contributed by atoms with E-state index in [1.807, 2.05) is 49.0 Å². The van der Waals surface area contributed by atoms with E-state index in [1.54, 1.807) is 6.20 Å². The van der Waals surface area contributed by atoms with Gasteiger partial charge in [0.15, 0.2) is 0 Å². The number of hydrogen-bond acceptors (Lipinski definition) is 3. The van der Waals surface area contributed by atoms with E-state index >= 15 is 0 Å². The van der Waals surface area contributed by atoms with Gasteiger partial charge in [0.25, 0.3) is 0 Å². The second-order valence-corrected chi connectivity index (χ2v) is 5.23. The molecule has 1 heterocycles. The van der Waals surface area contributed by atoms with Gasteiger partial charge in [-0.05, 0) is 32.0 Å². The molecule has 0 radical (unpaired) electrons. The van der Waals surface area contributed by atoms with Crippen molar-refractivity contribution in [3.05, 3.63) is 47.8 Å². The average Bonchev–Trinajstić information content (AvgIpc) is 2.86. The first-order chi connectivity index (χ1) is 9.99. The van der Waals surface area contributed by atoms with Crippen LogP contribution in [0.5, 0.6) is 0 Å². The first-order valence-electron chi connectivity index (χ1n) is 7.02. The van der Waals surface area contributed by atoms with Gasteiger partial charge in [0.05, 0.1) is 18.2 Å². The summed E-state index contributed by atoms with van der Waals surface area (Å²) in [6.07, 6.45) is 1.87. The molecule has 21 heavy (non-hydrogen) atoms. The summed E-state index contributed by atoms with van der Waals surface area (Å²) in [5, 5.41) is 13.2. The third-order valence-electron chi connectivity index (χ3n) is 3.69. The molecule has 1 atom stereocenters. The Bertz CT molecular complexity index is 604. The molecule has 0 amide bonds. The number of rotatable bonds is 6. The number of hydrogen-bond donors (Lipinski definition) is 1. The molecule has 0 fully saturated rings. The van der Waals surface area contributed by atoms with Gasteiger partial charge in [-0.25, -0.2) is 0 Å². The van der Waals surface area contributed by atoms with Crippen LogP contribution in [0.3, 0.4) is 0 Å². The zero-order valence-corrected chi connectivity index (χ0v) is 12.7. The fraction of sp³-hybridized carbons (Fsp3) is 0.375. The molecule has 2 rings (SSSR count). The Hall–Kier alpha value is -2.30. The maximum absolute atomic E-state index is 10.9. The lowest BCUT2D eigenvalue weighted by molar-refractivity contribution is -0.136. The number of benzene rings is 1. The van der Waals surface area contributed by atoms with E-state index in [1.165, 1.54) is 5.56 Å². The summed E-state index contributed by atoms with van der Waals surface area (Å²) >= 11 is 0. The molecule has 0 saturated heterocycles. The van der Waals surface area contributed by atoms with Crippen molar-refractivity contribution in [2.75, 3.05) is 11.4 Å². The topological polar surface area (TPSA) is 58.4 Å². The third kappa shape index (κ3) is 3.62. The van der Waals surface area contributed by atoms with Crippen molar-refractivity contribution in [2.24, 2.45) is 7.05 Å². The summed E-state index contributed by atoms with van der Waals surface area (Å²) in [5.41, 5.74) is 3.27. The number of anilines is 1. The summed E-state index contributed by atoms with van der Waals surface area (Å²) in [6, 6.07) is 10.2. The minimum Gasteiger partial charge on any atom is -0.481 e. The highest BCUT2D eigenvalue weighted by atomic mass is 16.4. The Morgan fingerprint density at radius 2 is 2.00 bits per heavy atom. The first-order valence-corrected chi connectivity index (χ1v) is 7.02. The molecular weight excluding hydrogens is 266 g/mol. The van der Waals surface area contributed by atoms with Crippen LogP contribution in [-0.4, -0.2) is 27.4 Å². The van der Waals surface area contributed by atoms with Crippen molar-refractivity contribution in [3.8, 4) is 0 Å². The van der Waals surface area contributed by atoms with Crippen LogP contribution in [-0.2, 0) is 11.8 Å². The number of carbonyl (C=O) groups is 1. The minimum atomic E-state index is -0.788. The highest BCUT2D eigenvalue weighted by Gasteiger charge is 2.19. The van der Waals surface area contributed by atoms with Crippen molar-refractivity contribution in [3.63, 3.8) is 0 Å². The van der Waals surface area contributed by atoms with Gasteiger partial charge in [0.2, 0.25) is 0 Å². The molecule has 1 aromatic carbocycles. The predicted octanol–water partition coefficient (Wildman–Crippen LogP) is 2.77. The summed E-state index contributed by atoms with van der Waals surface area (Å²) in [4.78, 5) is 13.0. The average molecular weight is 287 g/mol. The lowest BCUT2D eigenvalue weighted by Gasteiger charge is -2.31. The number of aryl methyl sites for hydroxylation is 2. The monoisotopic (exact) mass is 287 g/mol. The molecule has 0 spiro atoms. The maximum atomic E-state index is 10.9. The van der Waals surface area contributed by atoms with Crippen LogP contribution in [0.4, 0.5) is 5.69 Å². The lowest BCUT2D eigenvalue weighted by atomic mass is 10.1. The molecule has 5 nitrogen and oxygen atoms in total. The number of carboxylic acids is 1. The fourth-order valence-corrected chi connectivity index (χ4v) is 2.45. The summed E-state index contributed by atoms with van der Waals surface area (Å²) in [5.74, 6) is -0.788. The van der Waals surface area contributed by atoms with Crippen LogP contribution < -0.4 is 4.90 Å². The predicted molar refractivity (Wildman–Crippen MR) is 82.4 cm³/mol. The Labute approximate surface area is 124 Å². The van der Waals surface area contributed by atoms with Crippen LogP contribution in [0.15, 0.2) is 36.5 Å². The Kier molecular flexibility index (Phi) is 4.62. The Morgan fingerprint density at radius 3 is 2.52 bits per heavy atom. The van der Waals surface area contributed by atoms with Crippen molar-refractivity contribution < 1.29 is 9.90 Å². The SMILES string of the molecule is Cc1ccc(N(CCC(=O)O)C(C)c2ccnn2C)cc1. The van der Waals surface area contributed by atoms with Gasteiger partial charge in [0.1, 0.15) is 0 Å². The van der Waals surface area contributed by atoms with Gasteiger partial charge in [-0.1, -0.05) is 17.7 Å². The van der Waals surface area contributed by atoms with Crippen LogP contribution in [0.1, 0.15) is 30.6 Å². The van der Waals surface area contributed by atoms with Crippen molar-refractivity contribution in [1.82, 2.24) is 9.78 Å². The zero-order chi connectivity index (χ0) is 15.4. The maximum Gasteiger partial charge on any atom is 0.305 e. The van der Waals surface area contributed by atoms with Crippen LogP contribution in [0.25, 0.3) is 0 Å². The summed E-state index contributed by atoms with van der Waals surface area (Å²) in [7, 11) is 1.90. The molecule has 0 aliphatic carbocycles. The molecule has 0 aliphatic rings. The zero-order valence-electron chi connectivity index (χ0n) is 12.7.